The lowest BCUT2D eigenvalue weighted by Gasteiger charge is -2.25. The zero-order valence-electron chi connectivity index (χ0n) is 12.5. The van der Waals surface area contributed by atoms with Crippen LogP contribution in [0.25, 0.3) is 0 Å². The van der Waals surface area contributed by atoms with Gasteiger partial charge in [0.1, 0.15) is 0 Å². The number of rotatable bonds is 5. The highest BCUT2D eigenvalue weighted by molar-refractivity contribution is 7.89. The number of halogens is 1. The van der Waals surface area contributed by atoms with E-state index in [4.69, 9.17) is 16.7 Å². The SMILES string of the molecule is CC(c1cccc(S(N)(=O)=O)c1)N(C)Cc1ccccc1Cl. The average Bonchev–Trinajstić information content (AvgIpc) is 2.48. The Kier molecular flexibility index (Phi) is 5.24. The molecule has 1 atom stereocenters. The molecule has 0 saturated carbocycles. The van der Waals surface area contributed by atoms with Gasteiger partial charge >= 0.3 is 0 Å². The largest absolute Gasteiger partial charge is 0.295 e. The highest BCUT2D eigenvalue weighted by Crippen LogP contribution is 2.25. The third kappa shape index (κ3) is 4.08. The van der Waals surface area contributed by atoms with E-state index in [1.165, 1.54) is 6.07 Å². The summed E-state index contributed by atoms with van der Waals surface area (Å²) < 4.78 is 22.9. The molecule has 1 unspecified atom stereocenters. The van der Waals surface area contributed by atoms with Gasteiger partial charge in [0.05, 0.1) is 4.90 Å². The van der Waals surface area contributed by atoms with Crippen molar-refractivity contribution in [3.05, 3.63) is 64.7 Å². The fourth-order valence-electron chi connectivity index (χ4n) is 2.24. The van der Waals surface area contributed by atoms with Crippen molar-refractivity contribution in [2.45, 2.75) is 24.4 Å². The van der Waals surface area contributed by atoms with Crippen molar-refractivity contribution in [1.29, 1.82) is 0 Å². The third-order valence-electron chi connectivity index (χ3n) is 3.71. The van der Waals surface area contributed by atoms with Crippen LogP contribution < -0.4 is 5.14 Å². The van der Waals surface area contributed by atoms with Gasteiger partial charge in [-0.15, -0.1) is 0 Å². The Morgan fingerprint density at radius 2 is 1.86 bits per heavy atom. The molecule has 4 nitrogen and oxygen atoms in total. The Balaban J connectivity index is 2.21. The number of hydrogen-bond donors (Lipinski definition) is 1. The number of benzene rings is 2. The Labute approximate surface area is 136 Å². The Bertz CT molecular complexity index is 762. The van der Waals surface area contributed by atoms with Gasteiger partial charge < -0.3 is 0 Å². The molecule has 118 valence electrons. The molecule has 0 aliphatic carbocycles. The zero-order chi connectivity index (χ0) is 16.3. The Morgan fingerprint density at radius 1 is 1.18 bits per heavy atom. The van der Waals surface area contributed by atoms with Gasteiger partial charge in [0.25, 0.3) is 0 Å². The summed E-state index contributed by atoms with van der Waals surface area (Å²) in [4.78, 5) is 2.23. The summed E-state index contributed by atoms with van der Waals surface area (Å²) in [5.74, 6) is 0. The summed E-state index contributed by atoms with van der Waals surface area (Å²) in [5.41, 5.74) is 1.92. The lowest BCUT2D eigenvalue weighted by atomic mass is 10.1. The van der Waals surface area contributed by atoms with Gasteiger partial charge in [-0.25, -0.2) is 13.6 Å². The van der Waals surface area contributed by atoms with Crippen molar-refractivity contribution in [2.75, 3.05) is 7.05 Å². The summed E-state index contributed by atoms with van der Waals surface area (Å²) >= 11 is 6.18. The van der Waals surface area contributed by atoms with Crippen molar-refractivity contribution in [3.8, 4) is 0 Å². The van der Waals surface area contributed by atoms with Crippen LogP contribution in [0.5, 0.6) is 0 Å². The van der Waals surface area contributed by atoms with Gasteiger partial charge in [0.2, 0.25) is 10.0 Å². The van der Waals surface area contributed by atoms with Gasteiger partial charge in [-0.1, -0.05) is 41.9 Å². The van der Waals surface area contributed by atoms with Crippen molar-refractivity contribution >= 4 is 21.6 Å². The molecule has 0 radical (unpaired) electrons. The second kappa shape index (κ2) is 6.79. The fraction of sp³-hybridized carbons (Fsp3) is 0.250. The smallest absolute Gasteiger partial charge is 0.238 e. The predicted molar refractivity (Wildman–Crippen MR) is 89.1 cm³/mol. The van der Waals surface area contributed by atoms with Crippen LogP contribution >= 0.6 is 11.6 Å². The Hall–Kier alpha value is -1.40. The van der Waals surface area contributed by atoms with Crippen LogP contribution in [-0.2, 0) is 16.6 Å². The van der Waals surface area contributed by atoms with Crippen molar-refractivity contribution in [2.24, 2.45) is 5.14 Å². The van der Waals surface area contributed by atoms with Gasteiger partial charge in [-0.05, 0) is 43.3 Å². The normalized spacial score (nSPS) is 13.3. The maximum atomic E-state index is 11.5. The summed E-state index contributed by atoms with van der Waals surface area (Å²) in [5, 5.41) is 5.91. The molecule has 0 heterocycles. The topological polar surface area (TPSA) is 63.4 Å². The molecule has 0 saturated heterocycles. The van der Waals surface area contributed by atoms with Gasteiger partial charge in [-0.3, -0.25) is 4.90 Å². The molecule has 0 fully saturated rings. The number of nitrogens with two attached hydrogens (primary N) is 1. The summed E-state index contributed by atoms with van der Waals surface area (Å²) in [7, 11) is -1.72. The average molecular weight is 339 g/mol. The maximum Gasteiger partial charge on any atom is 0.238 e. The molecule has 0 aliphatic heterocycles. The molecule has 0 bridgehead atoms. The molecule has 0 amide bonds. The summed E-state index contributed by atoms with van der Waals surface area (Å²) in [6.45, 7) is 2.68. The van der Waals surface area contributed by atoms with E-state index in [1.54, 1.807) is 12.1 Å². The first-order valence-electron chi connectivity index (χ1n) is 6.85. The van der Waals surface area contributed by atoms with Gasteiger partial charge in [0.15, 0.2) is 0 Å². The van der Waals surface area contributed by atoms with E-state index in [0.29, 0.717) is 6.54 Å². The van der Waals surface area contributed by atoms with Gasteiger partial charge in [-0.2, -0.15) is 0 Å². The molecule has 22 heavy (non-hydrogen) atoms. The fourth-order valence-corrected chi connectivity index (χ4v) is 3.00. The van der Waals surface area contributed by atoms with Crippen LogP contribution in [0, 0.1) is 0 Å². The maximum absolute atomic E-state index is 11.5. The first-order valence-corrected chi connectivity index (χ1v) is 8.78. The molecular formula is C16H19ClN2O2S. The quantitative estimate of drug-likeness (QED) is 0.910. The van der Waals surface area contributed by atoms with E-state index < -0.39 is 10.0 Å². The van der Waals surface area contributed by atoms with Crippen LogP contribution in [0.2, 0.25) is 5.02 Å². The molecule has 2 N–H and O–H groups in total. The molecule has 0 aliphatic rings. The van der Waals surface area contributed by atoms with Crippen LogP contribution in [0.15, 0.2) is 53.4 Å². The zero-order valence-corrected chi connectivity index (χ0v) is 14.1. The van der Waals surface area contributed by atoms with Crippen LogP contribution in [0.1, 0.15) is 24.1 Å². The van der Waals surface area contributed by atoms with Crippen LogP contribution in [-0.4, -0.2) is 20.4 Å². The third-order valence-corrected chi connectivity index (χ3v) is 4.99. The first kappa shape index (κ1) is 17.0. The second-order valence-corrected chi connectivity index (χ2v) is 7.27. The predicted octanol–water partition coefficient (Wildman–Crippen LogP) is 3.18. The molecule has 0 spiro atoms. The minimum Gasteiger partial charge on any atom is -0.295 e. The molecule has 2 aromatic rings. The molecule has 0 aromatic heterocycles. The minimum absolute atomic E-state index is 0.0259. The molecule has 2 aromatic carbocycles. The molecule has 2 rings (SSSR count). The standard InChI is InChI=1S/C16H19ClN2O2S/c1-12(13-7-5-8-15(10-13)22(18,20)21)19(2)11-14-6-3-4-9-16(14)17/h3-10,12H,11H2,1-2H3,(H2,18,20,21). The number of nitrogens with zero attached hydrogens (tertiary/aromatic N) is 1. The monoisotopic (exact) mass is 338 g/mol. The lowest BCUT2D eigenvalue weighted by molar-refractivity contribution is 0.253. The van der Waals surface area contributed by atoms with E-state index in [0.717, 1.165) is 16.1 Å². The highest BCUT2D eigenvalue weighted by atomic mass is 35.5. The number of primary sulfonamides is 1. The summed E-state index contributed by atoms with van der Waals surface area (Å²) in [6, 6.07) is 14.4. The molecule has 6 heteroatoms. The van der Waals surface area contributed by atoms with E-state index in [-0.39, 0.29) is 10.9 Å². The van der Waals surface area contributed by atoms with E-state index in [2.05, 4.69) is 4.90 Å². The molecular weight excluding hydrogens is 320 g/mol. The highest BCUT2D eigenvalue weighted by Gasteiger charge is 2.16. The van der Waals surface area contributed by atoms with Gasteiger partial charge in [0, 0.05) is 17.6 Å². The minimum atomic E-state index is -3.69. The Morgan fingerprint density at radius 3 is 2.50 bits per heavy atom. The van der Waals surface area contributed by atoms with E-state index in [9.17, 15) is 8.42 Å². The van der Waals surface area contributed by atoms with Crippen LogP contribution in [0.3, 0.4) is 0 Å². The second-order valence-electron chi connectivity index (χ2n) is 5.30. The van der Waals surface area contributed by atoms with E-state index in [1.807, 2.05) is 44.3 Å². The van der Waals surface area contributed by atoms with Crippen molar-refractivity contribution in [3.63, 3.8) is 0 Å². The lowest BCUT2D eigenvalue weighted by Crippen LogP contribution is -2.22. The first-order chi connectivity index (χ1) is 10.3. The van der Waals surface area contributed by atoms with Crippen molar-refractivity contribution in [1.82, 2.24) is 4.90 Å². The van der Waals surface area contributed by atoms with Crippen molar-refractivity contribution < 1.29 is 8.42 Å². The summed E-state index contributed by atoms with van der Waals surface area (Å²) in [6.07, 6.45) is 0. The van der Waals surface area contributed by atoms with E-state index >= 15 is 0 Å². The van der Waals surface area contributed by atoms with Crippen LogP contribution in [0.4, 0.5) is 0 Å². The number of sulfonamides is 1. The number of hydrogen-bond acceptors (Lipinski definition) is 3.